The summed E-state index contributed by atoms with van der Waals surface area (Å²) in [7, 11) is 3.74. The topological polar surface area (TPSA) is 34.6 Å². The second-order valence-corrected chi connectivity index (χ2v) is 6.18. The summed E-state index contributed by atoms with van der Waals surface area (Å²) >= 11 is 0. The molecule has 24 heavy (non-hydrogen) atoms. The van der Waals surface area contributed by atoms with Crippen molar-refractivity contribution >= 4 is 0 Å². The molecule has 0 saturated carbocycles. The molecule has 0 spiro atoms. The molecule has 2 aromatic rings. The third-order valence-corrected chi connectivity index (χ3v) is 4.52. The van der Waals surface area contributed by atoms with Crippen molar-refractivity contribution in [2.75, 3.05) is 20.8 Å². The first-order valence-electron chi connectivity index (χ1n) is 8.23. The van der Waals surface area contributed by atoms with Gasteiger partial charge in [-0.1, -0.05) is 18.2 Å². The van der Waals surface area contributed by atoms with E-state index in [1.54, 1.807) is 7.11 Å². The number of aromatic nitrogens is 1. The Kier molecular flexibility index (Phi) is 5.43. The molecule has 2 atom stereocenters. The van der Waals surface area contributed by atoms with Crippen LogP contribution in [0.15, 0.2) is 42.5 Å². The van der Waals surface area contributed by atoms with Crippen LogP contribution < -0.4 is 4.74 Å². The van der Waals surface area contributed by atoms with Crippen molar-refractivity contribution in [1.82, 2.24) is 9.88 Å². The van der Waals surface area contributed by atoms with E-state index < -0.39 is 0 Å². The van der Waals surface area contributed by atoms with Gasteiger partial charge in [0, 0.05) is 25.3 Å². The van der Waals surface area contributed by atoms with Crippen LogP contribution >= 0.6 is 0 Å². The van der Waals surface area contributed by atoms with Gasteiger partial charge in [0.15, 0.2) is 0 Å². The van der Waals surface area contributed by atoms with E-state index in [9.17, 15) is 4.39 Å². The van der Waals surface area contributed by atoms with Gasteiger partial charge in [-0.25, -0.2) is 9.37 Å². The molecule has 1 saturated heterocycles. The summed E-state index contributed by atoms with van der Waals surface area (Å²) in [4.78, 5) is 6.78. The molecule has 3 rings (SSSR count). The van der Waals surface area contributed by atoms with Crippen LogP contribution in [-0.4, -0.2) is 36.7 Å². The predicted molar refractivity (Wildman–Crippen MR) is 90.4 cm³/mol. The van der Waals surface area contributed by atoms with Gasteiger partial charge in [0.25, 0.3) is 0 Å². The van der Waals surface area contributed by atoms with Crippen molar-refractivity contribution in [3.63, 3.8) is 0 Å². The molecule has 0 radical (unpaired) electrons. The Morgan fingerprint density at radius 1 is 1.25 bits per heavy atom. The number of halogens is 1. The zero-order valence-corrected chi connectivity index (χ0v) is 14.1. The quantitative estimate of drug-likeness (QED) is 0.839. The molecular formula is C19H23FN2O2. The molecule has 0 bridgehead atoms. The molecule has 1 aliphatic heterocycles. The summed E-state index contributed by atoms with van der Waals surface area (Å²) in [5.41, 5.74) is 2.02. The smallest absolute Gasteiger partial charge is 0.213 e. The number of hydrogen-bond donors (Lipinski definition) is 0. The van der Waals surface area contributed by atoms with Gasteiger partial charge in [0.2, 0.25) is 5.88 Å². The lowest BCUT2D eigenvalue weighted by Crippen LogP contribution is -2.37. The van der Waals surface area contributed by atoms with Crippen molar-refractivity contribution in [3.8, 4) is 5.88 Å². The highest BCUT2D eigenvalue weighted by Gasteiger charge is 2.26. The van der Waals surface area contributed by atoms with E-state index >= 15 is 0 Å². The van der Waals surface area contributed by atoms with Crippen LogP contribution in [0.25, 0.3) is 0 Å². The van der Waals surface area contributed by atoms with E-state index in [1.807, 2.05) is 30.3 Å². The van der Waals surface area contributed by atoms with E-state index in [0.717, 1.165) is 30.6 Å². The molecule has 0 N–H and O–H groups in total. The highest BCUT2D eigenvalue weighted by Crippen LogP contribution is 2.30. The van der Waals surface area contributed by atoms with Gasteiger partial charge in [-0.2, -0.15) is 0 Å². The molecular weight excluding hydrogens is 307 g/mol. The van der Waals surface area contributed by atoms with E-state index in [1.165, 1.54) is 12.1 Å². The van der Waals surface area contributed by atoms with Crippen molar-refractivity contribution in [3.05, 3.63) is 59.5 Å². The lowest BCUT2D eigenvalue weighted by molar-refractivity contribution is -0.0251. The highest BCUT2D eigenvalue weighted by molar-refractivity contribution is 5.19. The van der Waals surface area contributed by atoms with Crippen molar-refractivity contribution in [1.29, 1.82) is 0 Å². The standard InChI is InChI=1S/C19H23FN2O2/c1-22(13-16-4-3-5-19(21-16)23-2)17-10-11-24-18(12-17)14-6-8-15(20)9-7-14/h3-9,17-18H,10-13H2,1-2H3. The summed E-state index contributed by atoms with van der Waals surface area (Å²) in [6.45, 7) is 1.47. The normalized spacial score (nSPS) is 21.0. The van der Waals surface area contributed by atoms with Crippen LogP contribution in [0.2, 0.25) is 0 Å². The Balaban J connectivity index is 1.64. The zero-order valence-electron chi connectivity index (χ0n) is 14.1. The molecule has 1 aliphatic rings. The van der Waals surface area contributed by atoms with Gasteiger partial charge < -0.3 is 9.47 Å². The Hall–Kier alpha value is -1.98. The highest BCUT2D eigenvalue weighted by atomic mass is 19.1. The van der Waals surface area contributed by atoms with Crippen molar-refractivity contribution in [2.45, 2.75) is 31.5 Å². The number of methoxy groups -OCH3 is 1. The number of pyridine rings is 1. The van der Waals surface area contributed by atoms with Crippen molar-refractivity contribution in [2.24, 2.45) is 0 Å². The lowest BCUT2D eigenvalue weighted by Gasteiger charge is -2.35. The monoisotopic (exact) mass is 330 g/mol. The number of benzene rings is 1. The van der Waals surface area contributed by atoms with Gasteiger partial charge in [-0.05, 0) is 43.7 Å². The third-order valence-electron chi connectivity index (χ3n) is 4.52. The van der Waals surface area contributed by atoms with Gasteiger partial charge >= 0.3 is 0 Å². The Bertz CT molecular complexity index is 663. The van der Waals surface area contributed by atoms with E-state index in [0.29, 0.717) is 18.5 Å². The van der Waals surface area contributed by atoms with Gasteiger partial charge in [0.05, 0.1) is 18.9 Å². The summed E-state index contributed by atoms with van der Waals surface area (Å²) in [6.07, 6.45) is 1.90. The second kappa shape index (κ2) is 7.73. The van der Waals surface area contributed by atoms with E-state index in [4.69, 9.17) is 9.47 Å². The van der Waals surface area contributed by atoms with E-state index in [-0.39, 0.29) is 11.9 Å². The summed E-state index contributed by atoms with van der Waals surface area (Å²) in [6, 6.07) is 12.8. The number of ether oxygens (including phenoxy) is 2. The fourth-order valence-corrected chi connectivity index (χ4v) is 3.13. The molecule has 0 aliphatic carbocycles. The summed E-state index contributed by atoms with van der Waals surface area (Å²) in [5, 5.41) is 0. The van der Waals surface area contributed by atoms with Crippen LogP contribution in [0.3, 0.4) is 0 Å². The summed E-state index contributed by atoms with van der Waals surface area (Å²) < 4.78 is 24.2. The molecule has 4 nitrogen and oxygen atoms in total. The van der Waals surface area contributed by atoms with Crippen molar-refractivity contribution < 1.29 is 13.9 Å². The Morgan fingerprint density at radius 3 is 2.79 bits per heavy atom. The minimum absolute atomic E-state index is 0.0186. The maximum atomic E-state index is 13.1. The van der Waals surface area contributed by atoms with Gasteiger partial charge in [-0.15, -0.1) is 0 Å². The molecule has 1 fully saturated rings. The molecule has 2 unspecified atom stereocenters. The van der Waals surface area contributed by atoms with Crippen LogP contribution in [0, 0.1) is 5.82 Å². The van der Waals surface area contributed by atoms with Crippen LogP contribution in [0.1, 0.15) is 30.2 Å². The molecule has 5 heteroatoms. The van der Waals surface area contributed by atoms with Crippen LogP contribution in [-0.2, 0) is 11.3 Å². The number of hydrogen-bond acceptors (Lipinski definition) is 4. The number of rotatable bonds is 5. The Morgan fingerprint density at radius 2 is 2.04 bits per heavy atom. The second-order valence-electron chi connectivity index (χ2n) is 6.18. The fourth-order valence-electron chi connectivity index (χ4n) is 3.13. The van der Waals surface area contributed by atoms with Crippen LogP contribution in [0.4, 0.5) is 4.39 Å². The van der Waals surface area contributed by atoms with E-state index in [2.05, 4.69) is 16.9 Å². The SMILES string of the molecule is COc1cccc(CN(C)C2CCOC(c3ccc(F)cc3)C2)n1. The molecule has 1 aromatic heterocycles. The predicted octanol–water partition coefficient (Wildman–Crippen LogP) is 3.58. The maximum Gasteiger partial charge on any atom is 0.213 e. The third kappa shape index (κ3) is 4.10. The molecule has 0 amide bonds. The van der Waals surface area contributed by atoms with Crippen LogP contribution in [0.5, 0.6) is 5.88 Å². The maximum absolute atomic E-state index is 13.1. The minimum atomic E-state index is -0.215. The van der Waals surface area contributed by atoms with Gasteiger partial charge in [-0.3, -0.25) is 4.90 Å². The Labute approximate surface area is 142 Å². The minimum Gasteiger partial charge on any atom is -0.481 e. The molecule has 128 valence electrons. The lowest BCUT2D eigenvalue weighted by atomic mass is 9.96. The molecule has 2 heterocycles. The summed E-state index contributed by atoms with van der Waals surface area (Å²) in [5.74, 6) is 0.421. The average molecular weight is 330 g/mol. The fraction of sp³-hybridized carbons (Fsp3) is 0.421. The number of nitrogens with zero attached hydrogens (tertiary/aromatic N) is 2. The molecule has 1 aromatic carbocycles. The zero-order chi connectivity index (χ0) is 16.9. The van der Waals surface area contributed by atoms with Gasteiger partial charge in [0.1, 0.15) is 5.82 Å². The average Bonchev–Trinajstić information content (AvgIpc) is 2.62. The largest absolute Gasteiger partial charge is 0.481 e. The first-order valence-corrected chi connectivity index (χ1v) is 8.23. The first kappa shape index (κ1) is 16.9. The first-order chi connectivity index (χ1) is 11.7.